The van der Waals surface area contributed by atoms with Crippen molar-refractivity contribution in [3.63, 3.8) is 0 Å². The molecule has 0 atom stereocenters. The Morgan fingerprint density at radius 1 is 1.05 bits per heavy atom. The first-order valence-electron chi connectivity index (χ1n) is 6.22. The molecule has 0 saturated carbocycles. The van der Waals surface area contributed by atoms with Crippen LogP contribution in [0.5, 0.6) is 11.5 Å². The molecule has 0 saturated heterocycles. The van der Waals surface area contributed by atoms with E-state index in [0.717, 1.165) is 23.6 Å². The SMILES string of the molecule is COc1ccc(C(=CN(C)C)CN(C)C)cc1OC. The number of nitrogens with zero attached hydrogens (tertiary/aromatic N) is 2. The first-order chi connectivity index (χ1) is 8.97. The summed E-state index contributed by atoms with van der Waals surface area (Å²) in [6.07, 6.45) is 2.13. The summed E-state index contributed by atoms with van der Waals surface area (Å²) in [5.41, 5.74) is 2.37. The molecule has 19 heavy (non-hydrogen) atoms. The van der Waals surface area contributed by atoms with Crippen molar-refractivity contribution in [1.29, 1.82) is 0 Å². The normalized spacial score (nSPS) is 11.6. The molecule has 1 aromatic rings. The van der Waals surface area contributed by atoms with Gasteiger partial charge in [-0.2, -0.15) is 0 Å². The van der Waals surface area contributed by atoms with Gasteiger partial charge in [0.05, 0.1) is 14.2 Å². The van der Waals surface area contributed by atoms with E-state index in [1.165, 1.54) is 5.57 Å². The maximum absolute atomic E-state index is 5.36. The molecule has 0 aliphatic rings. The summed E-state index contributed by atoms with van der Waals surface area (Å²) < 4.78 is 10.6. The first kappa shape index (κ1) is 15.4. The third-order valence-corrected chi connectivity index (χ3v) is 2.65. The molecule has 1 rings (SSSR count). The summed E-state index contributed by atoms with van der Waals surface area (Å²) in [6, 6.07) is 6.01. The van der Waals surface area contributed by atoms with E-state index in [1.807, 2.05) is 26.2 Å². The number of benzene rings is 1. The van der Waals surface area contributed by atoms with Gasteiger partial charge in [-0.3, -0.25) is 0 Å². The predicted molar refractivity (Wildman–Crippen MR) is 79.8 cm³/mol. The lowest BCUT2D eigenvalue weighted by molar-refractivity contribution is 0.355. The molecule has 0 radical (unpaired) electrons. The van der Waals surface area contributed by atoms with Crippen LogP contribution in [0, 0.1) is 0 Å². The molecule has 0 bridgehead atoms. The van der Waals surface area contributed by atoms with E-state index >= 15 is 0 Å². The maximum atomic E-state index is 5.36. The number of hydrogen-bond donors (Lipinski definition) is 0. The Labute approximate surface area is 116 Å². The molecule has 0 fully saturated rings. The van der Waals surface area contributed by atoms with E-state index in [4.69, 9.17) is 9.47 Å². The minimum atomic E-state index is 0.750. The van der Waals surface area contributed by atoms with Crippen LogP contribution in [0.15, 0.2) is 24.4 Å². The second-order valence-corrected chi connectivity index (χ2v) is 4.93. The Hall–Kier alpha value is -1.68. The number of rotatable bonds is 6. The Balaban J connectivity index is 3.15. The van der Waals surface area contributed by atoms with Gasteiger partial charge in [-0.15, -0.1) is 0 Å². The van der Waals surface area contributed by atoms with Crippen molar-refractivity contribution in [3.05, 3.63) is 30.0 Å². The van der Waals surface area contributed by atoms with Crippen molar-refractivity contribution in [2.75, 3.05) is 49.0 Å². The van der Waals surface area contributed by atoms with Crippen LogP contribution >= 0.6 is 0 Å². The quantitative estimate of drug-likeness (QED) is 0.786. The largest absolute Gasteiger partial charge is 0.493 e. The van der Waals surface area contributed by atoms with Crippen LogP contribution in [0.2, 0.25) is 0 Å². The number of likely N-dealkylation sites (N-methyl/N-ethyl adjacent to an activating group) is 1. The lowest BCUT2D eigenvalue weighted by Crippen LogP contribution is -2.16. The first-order valence-corrected chi connectivity index (χ1v) is 6.22. The van der Waals surface area contributed by atoms with Gasteiger partial charge in [-0.1, -0.05) is 6.07 Å². The molecule has 0 N–H and O–H groups in total. The summed E-state index contributed by atoms with van der Waals surface area (Å²) in [5, 5.41) is 0. The van der Waals surface area contributed by atoms with Gasteiger partial charge in [0.1, 0.15) is 0 Å². The van der Waals surface area contributed by atoms with Crippen molar-refractivity contribution in [2.24, 2.45) is 0 Å². The Bertz CT molecular complexity index is 440. The zero-order valence-corrected chi connectivity index (χ0v) is 12.7. The van der Waals surface area contributed by atoms with Crippen LogP contribution in [0.1, 0.15) is 5.56 Å². The molecular formula is C15H24N2O2. The number of ether oxygens (including phenoxy) is 2. The second kappa shape index (κ2) is 7.04. The maximum Gasteiger partial charge on any atom is 0.161 e. The smallest absolute Gasteiger partial charge is 0.161 e. The highest BCUT2D eigenvalue weighted by Gasteiger charge is 2.09. The Morgan fingerprint density at radius 2 is 1.68 bits per heavy atom. The van der Waals surface area contributed by atoms with Gasteiger partial charge in [0, 0.05) is 26.8 Å². The summed E-state index contributed by atoms with van der Waals surface area (Å²) in [6.45, 7) is 0.869. The molecule has 4 nitrogen and oxygen atoms in total. The van der Waals surface area contributed by atoms with E-state index in [-0.39, 0.29) is 0 Å². The van der Waals surface area contributed by atoms with Crippen LogP contribution < -0.4 is 9.47 Å². The molecule has 0 aromatic heterocycles. The number of methoxy groups -OCH3 is 2. The topological polar surface area (TPSA) is 24.9 Å². The van der Waals surface area contributed by atoms with Crippen molar-refractivity contribution < 1.29 is 9.47 Å². The van der Waals surface area contributed by atoms with E-state index < -0.39 is 0 Å². The third kappa shape index (κ3) is 4.48. The van der Waals surface area contributed by atoms with Crippen molar-refractivity contribution in [1.82, 2.24) is 9.80 Å². The molecule has 0 heterocycles. The molecule has 0 spiro atoms. The average Bonchev–Trinajstić information content (AvgIpc) is 2.36. The van der Waals surface area contributed by atoms with Crippen LogP contribution in [0.25, 0.3) is 5.57 Å². The van der Waals surface area contributed by atoms with Gasteiger partial charge in [-0.05, 0) is 37.4 Å². The van der Waals surface area contributed by atoms with Crippen LogP contribution in [0.4, 0.5) is 0 Å². The fourth-order valence-electron chi connectivity index (χ4n) is 1.89. The van der Waals surface area contributed by atoms with Gasteiger partial charge in [-0.25, -0.2) is 0 Å². The highest BCUT2D eigenvalue weighted by atomic mass is 16.5. The average molecular weight is 264 g/mol. The molecular weight excluding hydrogens is 240 g/mol. The van der Waals surface area contributed by atoms with Crippen LogP contribution in [0.3, 0.4) is 0 Å². The molecule has 106 valence electrons. The van der Waals surface area contributed by atoms with E-state index in [9.17, 15) is 0 Å². The fraction of sp³-hybridized carbons (Fsp3) is 0.467. The van der Waals surface area contributed by atoms with E-state index in [0.29, 0.717) is 0 Å². The van der Waals surface area contributed by atoms with Gasteiger partial charge in [0.15, 0.2) is 11.5 Å². The summed E-state index contributed by atoms with van der Waals surface area (Å²) in [4.78, 5) is 4.20. The van der Waals surface area contributed by atoms with Crippen molar-refractivity contribution >= 4 is 5.57 Å². The lowest BCUT2D eigenvalue weighted by atomic mass is 10.1. The van der Waals surface area contributed by atoms with Crippen molar-refractivity contribution in [2.45, 2.75) is 0 Å². The van der Waals surface area contributed by atoms with Gasteiger partial charge < -0.3 is 19.3 Å². The summed E-state index contributed by atoms with van der Waals surface area (Å²) >= 11 is 0. The minimum absolute atomic E-state index is 0.750. The molecule has 0 unspecified atom stereocenters. The van der Waals surface area contributed by atoms with E-state index in [1.54, 1.807) is 14.2 Å². The van der Waals surface area contributed by atoms with Crippen LogP contribution in [-0.4, -0.2) is 58.8 Å². The Kier molecular flexibility index (Phi) is 5.70. The number of hydrogen-bond acceptors (Lipinski definition) is 4. The molecule has 1 aromatic carbocycles. The van der Waals surface area contributed by atoms with E-state index in [2.05, 4.69) is 36.2 Å². The molecule has 0 amide bonds. The second-order valence-electron chi connectivity index (χ2n) is 4.93. The Morgan fingerprint density at radius 3 is 2.16 bits per heavy atom. The monoisotopic (exact) mass is 264 g/mol. The van der Waals surface area contributed by atoms with Gasteiger partial charge >= 0.3 is 0 Å². The van der Waals surface area contributed by atoms with Crippen molar-refractivity contribution in [3.8, 4) is 11.5 Å². The summed E-state index contributed by atoms with van der Waals surface area (Å²) in [7, 11) is 11.5. The van der Waals surface area contributed by atoms with Crippen LogP contribution in [-0.2, 0) is 0 Å². The van der Waals surface area contributed by atoms with Gasteiger partial charge in [0.2, 0.25) is 0 Å². The molecule has 4 heteroatoms. The highest BCUT2D eigenvalue weighted by Crippen LogP contribution is 2.30. The minimum Gasteiger partial charge on any atom is -0.493 e. The molecule has 0 aliphatic heterocycles. The van der Waals surface area contributed by atoms with Gasteiger partial charge in [0.25, 0.3) is 0 Å². The zero-order chi connectivity index (χ0) is 14.4. The predicted octanol–water partition coefficient (Wildman–Crippen LogP) is 2.17. The standard InChI is InChI=1S/C15H24N2O2/c1-16(2)10-13(11-17(3)4)12-7-8-14(18-5)15(9-12)19-6/h7-10H,11H2,1-6H3. The highest BCUT2D eigenvalue weighted by molar-refractivity contribution is 5.69. The fourth-order valence-corrected chi connectivity index (χ4v) is 1.89. The third-order valence-electron chi connectivity index (χ3n) is 2.65. The molecule has 0 aliphatic carbocycles. The lowest BCUT2D eigenvalue weighted by Gasteiger charge is -2.18. The zero-order valence-electron chi connectivity index (χ0n) is 12.7. The summed E-state index contributed by atoms with van der Waals surface area (Å²) in [5.74, 6) is 1.50.